The Kier molecular flexibility index (Phi) is 5.15. The largest absolute Gasteiger partial charge is 0.455 e. The van der Waals surface area contributed by atoms with Gasteiger partial charge in [-0.1, -0.05) is 31.0 Å². The fourth-order valence-corrected chi connectivity index (χ4v) is 3.98. The normalized spacial score (nSPS) is 18.4. The number of carbonyl (C=O) groups is 3. The number of anilines is 1. The van der Waals surface area contributed by atoms with E-state index < -0.39 is 29.3 Å². The van der Waals surface area contributed by atoms with E-state index in [0.29, 0.717) is 24.3 Å². The van der Waals surface area contributed by atoms with E-state index in [1.165, 1.54) is 25.1 Å². The second-order valence-corrected chi connectivity index (χ2v) is 7.62. The number of rotatable bonds is 5. The Hall–Kier alpha value is -3.42. The molecular weight excluding hydrogens is 389 g/mol. The van der Waals surface area contributed by atoms with Gasteiger partial charge < -0.3 is 15.4 Å². The summed E-state index contributed by atoms with van der Waals surface area (Å²) in [6.45, 7) is 1.51. The molecule has 1 saturated heterocycles. The van der Waals surface area contributed by atoms with Crippen LogP contribution in [0.5, 0.6) is 11.5 Å². The van der Waals surface area contributed by atoms with Crippen molar-refractivity contribution in [2.75, 3.05) is 5.32 Å². The lowest BCUT2D eigenvalue weighted by molar-refractivity contribution is -0.136. The van der Waals surface area contributed by atoms with Gasteiger partial charge in [0.2, 0.25) is 5.91 Å². The number of benzene rings is 2. The number of halogens is 1. The van der Waals surface area contributed by atoms with Crippen LogP contribution in [0, 0.1) is 5.82 Å². The molecule has 0 bridgehead atoms. The Bertz CT molecular complexity index is 1000. The zero-order valence-corrected chi connectivity index (χ0v) is 16.5. The smallest absolute Gasteiger partial charge is 0.325 e. The molecule has 1 aliphatic heterocycles. The molecular formula is C22H22FN3O4. The molecule has 2 N–H and O–H groups in total. The van der Waals surface area contributed by atoms with E-state index in [0.717, 1.165) is 17.7 Å². The molecule has 1 spiro atoms. The number of urea groups is 1. The fraction of sp³-hybridized carbons (Fsp3) is 0.318. The predicted octanol–water partition coefficient (Wildman–Crippen LogP) is 3.81. The summed E-state index contributed by atoms with van der Waals surface area (Å²) in [5, 5.41) is 5.49. The Morgan fingerprint density at radius 2 is 1.90 bits per heavy atom. The van der Waals surface area contributed by atoms with Crippen molar-refractivity contribution in [2.45, 2.75) is 44.2 Å². The Labute approximate surface area is 173 Å². The van der Waals surface area contributed by atoms with Crippen LogP contribution in [-0.2, 0) is 9.59 Å². The van der Waals surface area contributed by atoms with Gasteiger partial charge in [-0.05, 0) is 44.0 Å². The van der Waals surface area contributed by atoms with Gasteiger partial charge in [0.05, 0.1) is 5.69 Å². The van der Waals surface area contributed by atoms with Crippen LogP contribution in [0.3, 0.4) is 0 Å². The molecule has 1 atom stereocenters. The molecule has 2 aromatic rings. The Morgan fingerprint density at radius 3 is 2.63 bits per heavy atom. The molecule has 4 amide bonds. The van der Waals surface area contributed by atoms with Crippen molar-refractivity contribution in [3.05, 3.63) is 54.3 Å². The van der Waals surface area contributed by atoms with Gasteiger partial charge in [0.1, 0.15) is 23.1 Å². The molecule has 1 heterocycles. The van der Waals surface area contributed by atoms with Crippen LogP contribution in [0.1, 0.15) is 32.6 Å². The minimum Gasteiger partial charge on any atom is -0.455 e. The first-order valence-electron chi connectivity index (χ1n) is 9.89. The quantitative estimate of drug-likeness (QED) is 0.733. The molecule has 2 aliphatic rings. The fourth-order valence-electron chi connectivity index (χ4n) is 3.98. The topological polar surface area (TPSA) is 87.7 Å². The first-order valence-corrected chi connectivity index (χ1v) is 9.89. The number of hydrogen-bond acceptors (Lipinski definition) is 4. The highest BCUT2D eigenvalue weighted by Crippen LogP contribution is 2.36. The van der Waals surface area contributed by atoms with E-state index in [1.807, 2.05) is 0 Å². The molecule has 156 valence electrons. The molecule has 1 saturated carbocycles. The van der Waals surface area contributed by atoms with Crippen LogP contribution in [0.25, 0.3) is 0 Å². The summed E-state index contributed by atoms with van der Waals surface area (Å²) in [5.74, 6) is -0.724. The highest BCUT2D eigenvalue weighted by atomic mass is 19.1. The van der Waals surface area contributed by atoms with E-state index in [4.69, 9.17) is 4.74 Å². The third-order valence-corrected chi connectivity index (χ3v) is 5.59. The van der Waals surface area contributed by atoms with Gasteiger partial charge in [-0.25, -0.2) is 14.1 Å². The van der Waals surface area contributed by atoms with Gasteiger partial charge in [0.15, 0.2) is 5.75 Å². The number of para-hydroxylation sites is 2. The summed E-state index contributed by atoms with van der Waals surface area (Å²) in [6, 6.07) is 10.8. The third-order valence-electron chi connectivity index (χ3n) is 5.59. The van der Waals surface area contributed by atoms with Crippen LogP contribution in [-0.4, -0.2) is 34.3 Å². The van der Waals surface area contributed by atoms with E-state index in [9.17, 15) is 18.8 Å². The third kappa shape index (κ3) is 3.60. The van der Waals surface area contributed by atoms with Crippen LogP contribution in [0.2, 0.25) is 0 Å². The zero-order valence-electron chi connectivity index (χ0n) is 16.5. The maximum absolute atomic E-state index is 13.4. The lowest BCUT2D eigenvalue weighted by atomic mass is 9.97. The average Bonchev–Trinajstić information content (AvgIpc) is 3.28. The van der Waals surface area contributed by atoms with Crippen molar-refractivity contribution < 1.29 is 23.5 Å². The molecule has 8 heteroatoms. The van der Waals surface area contributed by atoms with Crippen LogP contribution in [0.15, 0.2) is 48.5 Å². The number of hydrogen-bond donors (Lipinski definition) is 2. The first kappa shape index (κ1) is 19.9. The van der Waals surface area contributed by atoms with Gasteiger partial charge in [-0.3, -0.25) is 9.59 Å². The molecule has 7 nitrogen and oxygen atoms in total. The molecule has 2 aromatic carbocycles. The highest BCUT2D eigenvalue weighted by Gasteiger charge is 2.54. The SMILES string of the molecule is CC(C(=O)Nc1ccccc1Oc1cccc(F)c1)N1C(=O)NC2(CCCC2)C1=O. The summed E-state index contributed by atoms with van der Waals surface area (Å²) < 4.78 is 19.1. The van der Waals surface area contributed by atoms with E-state index in [-0.39, 0.29) is 11.7 Å². The summed E-state index contributed by atoms with van der Waals surface area (Å²) in [6.07, 6.45) is 2.91. The van der Waals surface area contributed by atoms with Gasteiger partial charge in [-0.2, -0.15) is 0 Å². The molecule has 1 unspecified atom stereocenters. The maximum Gasteiger partial charge on any atom is 0.325 e. The number of carbonyl (C=O) groups excluding carboxylic acids is 3. The van der Waals surface area contributed by atoms with Crippen molar-refractivity contribution in [1.82, 2.24) is 10.2 Å². The van der Waals surface area contributed by atoms with Gasteiger partial charge in [0.25, 0.3) is 5.91 Å². The Balaban J connectivity index is 1.50. The maximum atomic E-state index is 13.4. The number of amides is 4. The van der Waals surface area contributed by atoms with Crippen molar-refractivity contribution in [3.63, 3.8) is 0 Å². The first-order chi connectivity index (χ1) is 14.4. The lowest BCUT2D eigenvalue weighted by Crippen LogP contribution is -2.48. The van der Waals surface area contributed by atoms with Crippen molar-refractivity contribution in [3.8, 4) is 11.5 Å². The Morgan fingerprint density at radius 1 is 1.17 bits per heavy atom. The van der Waals surface area contributed by atoms with Gasteiger partial charge >= 0.3 is 6.03 Å². The van der Waals surface area contributed by atoms with Crippen LogP contribution < -0.4 is 15.4 Å². The summed E-state index contributed by atoms with van der Waals surface area (Å²) >= 11 is 0. The second-order valence-electron chi connectivity index (χ2n) is 7.62. The van der Waals surface area contributed by atoms with E-state index in [2.05, 4.69) is 10.6 Å². The van der Waals surface area contributed by atoms with Crippen molar-refractivity contribution >= 4 is 23.5 Å². The van der Waals surface area contributed by atoms with Crippen molar-refractivity contribution in [1.29, 1.82) is 0 Å². The molecule has 4 rings (SSSR count). The molecule has 30 heavy (non-hydrogen) atoms. The standard InChI is InChI=1S/C22H22FN3O4/c1-14(26-20(28)22(25-21(26)29)11-4-5-12-22)19(27)24-17-9-2-3-10-18(17)30-16-8-6-7-15(23)13-16/h2-3,6-10,13-14H,4-5,11-12H2,1H3,(H,24,27)(H,25,29). The van der Waals surface area contributed by atoms with E-state index in [1.54, 1.807) is 30.3 Å². The molecule has 0 radical (unpaired) electrons. The van der Waals surface area contributed by atoms with Gasteiger partial charge in [0, 0.05) is 6.07 Å². The lowest BCUT2D eigenvalue weighted by Gasteiger charge is -2.24. The number of nitrogens with zero attached hydrogens (tertiary/aromatic N) is 1. The minimum atomic E-state index is -1.00. The monoisotopic (exact) mass is 411 g/mol. The number of imide groups is 1. The number of ether oxygens (including phenoxy) is 1. The average molecular weight is 411 g/mol. The predicted molar refractivity (Wildman–Crippen MR) is 108 cm³/mol. The summed E-state index contributed by atoms with van der Waals surface area (Å²) in [5.41, 5.74) is -0.523. The number of nitrogens with one attached hydrogen (secondary N) is 2. The van der Waals surface area contributed by atoms with Crippen molar-refractivity contribution in [2.24, 2.45) is 0 Å². The van der Waals surface area contributed by atoms with Crippen LogP contribution in [0.4, 0.5) is 14.9 Å². The molecule has 1 aliphatic carbocycles. The van der Waals surface area contributed by atoms with E-state index >= 15 is 0 Å². The minimum absolute atomic E-state index is 0.280. The molecule has 0 aromatic heterocycles. The second kappa shape index (κ2) is 7.78. The van der Waals surface area contributed by atoms with Gasteiger partial charge in [-0.15, -0.1) is 0 Å². The highest BCUT2D eigenvalue weighted by molar-refractivity contribution is 6.11. The molecule has 2 fully saturated rings. The summed E-state index contributed by atoms with van der Waals surface area (Å²) in [7, 11) is 0. The summed E-state index contributed by atoms with van der Waals surface area (Å²) in [4.78, 5) is 39.2. The van der Waals surface area contributed by atoms with Crippen LogP contribution >= 0.6 is 0 Å². The zero-order chi connectivity index (χ0) is 21.3.